The highest BCUT2D eigenvalue weighted by Crippen LogP contribution is 2.20. The Labute approximate surface area is 259 Å². The third-order valence-electron chi connectivity index (χ3n) is 7.66. The number of aryl methyl sites for hydroxylation is 1. The first-order valence-corrected chi connectivity index (χ1v) is 15.3. The second kappa shape index (κ2) is 16.3. The molecular formula is C35H42N4O5. The normalized spacial score (nSPS) is 18.2. The number of nitrogens with zero attached hydrogens (tertiary/aromatic N) is 1. The molecular weight excluding hydrogens is 556 g/mol. The number of amides is 4. The summed E-state index contributed by atoms with van der Waals surface area (Å²) in [5.41, 5.74) is 2.33. The van der Waals surface area contributed by atoms with Gasteiger partial charge in [-0.2, -0.15) is 0 Å². The Morgan fingerprint density at radius 2 is 1.57 bits per heavy atom. The second-order valence-corrected chi connectivity index (χ2v) is 11.4. The smallest absolute Gasteiger partial charge is 0.255 e. The molecule has 9 heteroatoms. The van der Waals surface area contributed by atoms with E-state index < -0.39 is 11.9 Å². The van der Waals surface area contributed by atoms with Crippen molar-refractivity contribution in [3.63, 3.8) is 0 Å². The molecule has 0 saturated heterocycles. The van der Waals surface area contributed by atoms with Gasteiger partial charge in [0.1, 0.15) is 18.4 Å². The number of rotatable bonds is 8. The van der Waals surface area contributed by atoms with Crippen LogP contribution in [0, 0.1) is 5.92 Å². The molecule has 44 heavy (non-hydrogen) atoms. The Hall–Kier alpha value is -4.66. The highest BCUT2D eigenvalue weighted by atomic mass is 16.5. The number of benzene rings is 3. The Kier molecular flexibility index (Phi) is 11.9. The van der Waals surface area contributed by atoms with Crippen molar-refractivity contribution in [3.05, 3.63) is 102 Å². The van der Waals surface area contributed by atoms with Crippen molar-refractivity contribution >= 4 is 23.6 Å². The van der Waals surface area contributed by atoms with Crippen molar-refractivity contribution in [2.24, 2.45) is 5.92 Å². The summed E-state index contributed by atoms with van der Waals surface area (Å²) in [7, 11) is 0. The van der Waals surface area contributed by atoms with Gasteiger partial charge in [-0.1, -0.05) is 86.6 Å². The first-order chi connectivity index (χ1) is 21.3. The van der Waals surface area contributed by atoms with Crippen molar-refractivity contribution in [1.29, 1.82) is 0 Å². The maximum atomic E-state index is 13.6. The Morgan fingerprint density at radius 3 is 2.27 bits per heavy atom. The van der Waals surface area contributed by atoms with E-state index in [0.29, 0.717) is 12.3 Å². The van der Waals surface area contributed by atoms with E-state index in [9.17, 15) is 19.2 Å². The molecule has 3 N–H and O–H groups in total. The minimum absolute atomic E-state index is 0.0314. The van der Waals surface area contributed by atoms with Gasteiger partial charge in [-0.25, -0.2) is 0 Å². The fraction of sp³-hybridized carbons (Fsp3) is 0.371. The van der Waals surface area contributed by atoms with Crippen LogP contribution in [0.5, 0.6) is 5.75 Å². The molecule has 232 valence electrons. The summed E-state index contributed by atoms with van der Waals surface area (Å²) in [4.78, 5) is 55.1. The quantitative estimate of drug-likeness (QED) is 0.341. The molecule has 1 heterocycles. The zero-order valence-corrected chi connectivity index (χ0v) is 25.5. The summed E-state index contributed by atoms with van der Waals surface area (Å²) < 4.78 is 6.06. The fourth-order valence-electron chi connectivity index (χ4n) is 5.02. The molecule has 0 aromatic heterocycles. The first-order valence-electron chi connectivity index (χ1n) is 15.3. The van der Waals surface area contributed by atoms with Crippen molar-refractivity contribution in [2.45, 2.75) is 58.2 Å². The van der Waals surface area contributed by atoms with Crippen LogP contribution in [0.25, 0.3) is 0 Å². The van der Waals surface area contributed by atoms with E-state index in [2.05, 4.69) is 16.0 Å². The molecule has 3 aromatic rings. The zero-order chi connectivity index (χ0) is 31.3. The van der Waals surface area contributed by atoms with Gasteiger partial charge in [-0.05, 0) is 48.4 Å². The molecule has 0 fully saturated rings. The summed E-state index contributed by atoms with van der Waals surface area (Å²) in [6.45, 7) is 4.59. The largest absolute Gasteiger partial charge is 0.491 e. The third-order valence-corrected chi connectivity index (χ3v) is 7.66. The van der Waals surface area contributed by atoms with E-state index >= 15 is 0 Å². The van der Waals surface area contributed by atoms with Gasteiger partial charge in [0.15, 0.2) is 0 Å². The average Bonchev–Trinajstić information content (AvgIpc) is 3.03. The number of carbonyl (C=O) groups excluding carboxylic acids is 4. The van der Waals surface area contributed by atoms with Crippen molar-refractivity contribution in [3.8, 4) is 5.75 Å². The van der Waals surface area contributed by atoms with Crippen LogP contribution in [0.3, 0.4) is 0 Å². The van der Waals surface area contributed by atoms with E-state index in [1.807, 2.05) is 74.5 Å². The first kappa shape index (κ1) is 32.3. The second-order valence-electron chi connectivity index (χ2n) is 11.4. The molecule has 9 nitrogen and oxygen atoms in total. The molecule has 3 aromatic carbocycles. The minimum atomic E-state index is -0.961. The fourth-order valence-corrected chi connectivity index (χ4v) is 5.02. The highest BCUT2D eigenvalue weighted by Gasteiger charge is 2.27. The Bertz CT molecular complexity index is 1400. The predicted octanol–water partition coefficient (Wildman–Crippen LogP) is 3.88. The van der Waals surface area contributed by atoms with Gasteiger partial charge in [0.05, 0.1) is 18.2 Å². The number of nitrogens with one attached hydrogen (secondary N) is 3. The molecule has 1 aliphatic heterocycles. The lowest BCUT2D eigenvalue weighted by Crippen LogP contribution is -2.48. The van der Waals surface area contributed by atoms with Crippen LogP contribution in [0.15, 0.2) is 84.9 Å². The summed E-state index contributed by atoms with van der Waals surface area (Å²) in [5.74, 6) is -1.05. The minimum Gasteiger partial charge on any atom is -0.491 e. The van der Waals surface area contributed by atoms with Crippen molar-refractivity contribution in [1.82, 2.24) is 20.9 Å². The van der Waals surface area contributed by atoms with Gasteiger partial charge in [0, 0.05) is 19.5 Å². The standard InChI is InChI=1S/C35H42N4O5/c1-25(2)30-24-44-31-18-10-9-17-28(31)34(42)38-29(35(43)36-21-11-16-26-12-5-3-6-13-26)19-20-33(41)39(23-32(40)37-30)22-27-14-7-4-8-15-27/h3-10,12-15,17-18,25,29-30H,11,16,19-24H2,1-2H3,(H,36,43)(H,37,40)(H,38,42)/t29-,30-/m0/s1. The van der Waals surface area contributed by atoms with Crippen molar-refractivity contribution in [2.75, 3.05) is 19.7 Å². The number of ether oxygens (including phenoxy) is 1. The van der Waals surface area contributed by atoms with E-state index in [1.54, 1.807) is 24.3 Å². The van der Waals surface area contributed by atoms with Crippen LogP contribution in [-0.2, 0) is 27.3 Å². The lowest BCUT2D eigenvalue weighted by atomic mass is 10.1. The van der Waals surface area contributed by atoms with E-state index in [0.717, 1.165) is 18.4 Å². The van der Waals surface area contributed by atoms with Crippen LogP contribution >= 0.6 is 0 Å². The van der Waals surface area contributed by atoms with Gasteiger partial charge >= 0.3 is 0 Å². The summed E-state index contributed by atoms with van der Waals surface area (Å²) in [6, 6.07) is 24.9. The molecule has 0 aliphatic carbocycles. The lowest BCUT2D eigenvalue weighted by Gasteiger charge is -2.26. The summed E-state index contributed by atoms with van der Waals surface area (Å²) in [6.07, 6.45) is 1.56. The maximum absolute atomic E-state index is 13.6. The zero-order valence-electron chi connectivity index (χ0n) is 25.5. The van der Waals surface area contributed by atoms with Crippen LogP contribution in [0.2, 0.25) is 0 Å². The van der Waals surface area contributed by atoms with E-state index in [1.165, 1.54) is 10.5 Å². The van der Waals surface area contributed by atoms with Gasteiger partial charge in [-0.3, -0.25) is 19.2 Å². The molecule has 0 radical (unpaired) electrons. The Balaban J connectivity index is 1.55. The van der Waals surface area contributed by atoms with Gasteiger partial charge in [-0.15, -0.1) is 0 Å². The highest BCUT2D eigenvalue weighted by molar-refractivity contribution is 5.99. The molecule has 1 aliphatic rings. The van der Waals surface area contributed by atoms with Crippen LogP contribution in [0.1, 0.15) is 54.6 Å². The molecule has 4 rings (SSSR count). The number of para-hydroxylation sites is 1. The molecule has 4 amide bonds. The van der Waals surface area contributed by atoms with E-state index in [4.69, 9.17) is 4.74 Å². The molecule has 0 bridgehead atoms. The topological polar surface area (TPSA) is 117 Å². The molecule has 0 saturated carbocycles. The van der Waals surface area contributed by atoms with Gasteiger partial charge in [0.25, 0.3) is 5.91 Å². The van der Waals surface area contributed by atoms with E-state index in [-0.39, 0.29) is 67.8 Å². The predicted molar refractivity (Wildman–Crippen MR) is 169 cm³/mol. The van der Waals surface area contributed by atoms with Crippen molar-refractivity contribution < 1.29 is 23.9 Å². The Morgan fingerprint density at radius 1 is 0.909 bits per heavy atom. The maximum Gasteiger partial charge on any atom is 0.255 e. The summed E-state index contributed by atoms with van der Waals surface area (Å²) >= 11 is 0. The number of hydrogen-bond acceptors (Lipinski definition) is 5. The summed E-state index contributed by atoms with van der Waals surface area (Å²) in [5, 5.41) is 8.78. The lowest BCUT2D eigenvalue weighted by molar-refractivity contribution is -0.137. The number of fused-ring (bicyclic) bond motifs is 1. The SMILES string of the molecule is CC(C)[C@@H]1COc2ccccc2C(=O)N[C@H](C(=O)NCCCc2ccccc2)CCC(=O)N(Cc2ccccc2)CC(=O)N1. The average molecular weight is 599 g/mol. The molecule has 0 unspecified atom stereocenters. The molecule has 2 atom stereocenters. The van der Waals surface area contributed by atoms with Crippen LogP contribution in [0.4, 0.5) is 0 Å². The van der Waals surface area contributed by atoms with Crippen LogP contribution < -0.4 is 20.7 Å². The van der Waals surface area contributed by atoms with Gasteiger partial charge in [0.2, 0.25) is 17.7 Å². The number of carbonyl (C=O) groups is 4. The monoisotopic (exact) mass is 598 g/mol. The number of hydrogen-bond donors (Lipinski definition) is 3. The van der Waals surface area contributed by atoms with Crippen LogP contribution in [-0.4, -0.2) is 60.3 Å². The third kappa shape index (κ3) is 9.69. The van der Waals surface area contributed by atoms with Gasteiger partial charge < -0.3 is 25.6 Å². The molecule has 0 spiro atoms.